The highest BCUT2D eigenvalue weighted by atomic mass is 79.9. The summed E-state index contributed by atoms with van der Waals surface area (Å²) in [6.45, 7) is 0. The second-order valence-electron chi connectivity index (χ2n) is 4.03. The van der Waals surface area contributed by atoms with Gasteiger partial charge in [0.1, 0.15) is 0 Å². The van der Waals surface area contributed by atoms with E-state index in [2.05, 4.69) is 15.9 Å². The quantitative estimate of drug-likeness (QED) is 0.842. The molecule has 102 valence electrons. The van der Waals surface area contributed by atoms with Crippen molar-refractivity contribution in [3.63, 3.8) is 0 Å². The van der Waals surface area contributed by atoms with Gasteiger partial charge in [0, 0.05) is 15.8 Å². The van der Waals surface area contributed by atoms with Crippen LogP contribution in [0.15, 0.2) is 40.2 Å². The fraction of sp³-hybridized carbons (Fsp3) is 0.231. The van der Waals surface area contributed by atoms with Crippen LogP contribution in [0.1, 0.15) is 22.1 Å². The zero-order valence-electron chi connectivity index (χ0n) is 9.62. The van der Waals surface area contributed by atoms with Crippen molar-refractivity contribution in [1.29, 1.82) is 0 Å². The van der Waals surface area contributed by atoms with Crippen molar-refractivity contribution in [1.82, 2.24) is 0 Å². The standard InChI is InChI=1S/C13H10BrF3OS/c14-11-4-3-8(13(15,16)17)6-10(11)12(18)7-9-2-1-5-19-9/h1-6,12,18H,7H2. The van der Waals surface area contributed by atoms with Crippen LogP contribution in [-0.4, -0.2) is 5.11 Å². The number of rotatable bonds is 3. The molecule has 2 rings (SSSR count). The molecule has 0 saturated heterocycles. The van der Waals surface area contributed by atoms with E-state index >= 15 is 0 Å². The van der Waals surface area contributed by atoms with E-state index in [-0.39, 0.29) is 5.56 Å². The molecule has 0 aliphatic carbocycles. The lowest BCUT2D eigenvalue weighted by molar-refractivity contribution is -0.137. The van der Waals surface area contributed by atoms with Crippen LogP contribution >= 0.6 is 27.3 Å². The molecule has 2 aromatic rings. The van der Waals surface area contributed by atoms with Crippen molar-refractivity contribution in [3.8, 4) is 0 Å². The topological polar surface area (TPSA) is 20.2 Å². The first-order valence-corrected chi connectivity index (χ1v) is 7.12. The maximum atomic E-state index is 12.6. The minimum atomic E-state index is -4.40. The van der Waals surface area contributed by atoms with Crippen molar-refractivity contribution >= 4 is 27.3 Å². The Hall–Kier alpha value is -0.850. The van der Waals surface area contributed by atoms with Crippen LogP contribution in [0.25, 0.3) is 0 Å². The highest BCUT2D eigenvalue weighted by molar-refractivity contribution is 9.10. The monoisotopic (exact) mass is 350 g/mol. The van der Waals surface area contributed by atoms with Crippen molar-refractivity contribution in [2.24, 2.45) is 0 Å². The largest absolute Gasteiger partial charge is 0.416 e. The third-order valence-electron chi connectivity index (χ3n) is 2.66. The van der Waals surface area contributed by atoms with Gasteiger partial charge in [-0.15, -0.1) is 11.3 Å². The zero-order chi connectivity index (χ0) is 14.0. The molecule has 19 heavy (non-hydrogen) atoms. The van der Waals surface area contributed by atoms with Crippen LogP contribution in [0.3, 0.4) is 0 Å². The molecule has 0 spiro atoms. The van der Waals surface area contributed by atoms with E-state index < -0.39 is 17.8 Å². The minimum Gasteiger partial charge on any atom is -0.388 e. The molecule has 0 aliphatic rings. The number of alkyl halides is 3. The SMILES string of the molecule is OC(Cc1cccs1)c1cc(C(F)(F)F)ccc1Br. The fourth-order valence-corrected chi connectivity index (χ4v) is 2.96. The number of thiophene rings is 1. The lowest BCUT2D eigenvalue weighted by Gasteiger charge is -2.15. The van der Waals surface area contributed by atoms with Crippen LogP contribution in [0, 0.1) is 0 Å². The molecule has 0 radical (unpaired) electrons. The Morgan fingerprint density at radius 1 is 1.26 bits per heavy atom. The van der Waals surface area contributed by atoms with Gasteiger partial charge in [0.05, 0.1) is 11.7 Å². The molecule has 6 heteroatoms. The van der Waals surface area contributed by atoms with Crippen molar-refractivity contribution in [3.05, 3.63) is 56.2 Å². The van der Waals surface area contributed by atoms with Gasteiger partial charge in [-0.1, -0.05) is 22.0 Å². The van der Waals surface area contributed by atoms with Crippen LogP contribution in [0.2, 0.25) is 0 Å². The summed E-state index contributed by atoms with van der Waals surface area (Å²) in [4.78, 5) is 0.928. The fourth-order valence-electron chi connectivity index (χ4n) is 1.70. The summed E-state index contributed by atoms with van der Waals surface area (Å²) in [6.07, 6.45) is -5.06. The molecule has 1 atom stereocenters. The first-order chi connectivity index (χ1) is 8.88. The molecule has 1 unspecified atom stereocenters. The molecule has 0 saturated carbocycles. The number of benzene rings is 1. The summed E-state index contributed by atoms with van der Waals surface area (Å²) in [7, 11) is 0. The van der Waals surface area contributed by atoms with Gasteiger partial charge in [0.15, 0.2) is 0 Å². The van der Waals surface area contributed by atoms with Crippen LogP contribution in [-0.2, 0) is 12.6 Å². The van der Waals surface area contributed by atoms with Gasteiger partial charge in [-0.25, -0.2) is 0 Å². The predicted molar refractivity (Wildman–Crippen MR) is 72.1 cm³/mol. The maximum absolute atomic E-state index is 12.6. The second-order valence-corrected chi connectivity index (χ2v) is 5.92. The Labute approximate surface area is 120 Å². The van der Waals surface area contributed by atoms with Crippen LogP contribution in [0.4, 0.5) is 13.2 Å². The molecule has 0 aliphatic heterocycles. The molecule has 0 bridgehead atoms. The number of aliphatic hydroxyl groups excluding tert-OH is 1. The summed E-state index contributed by atoms with van der Waals surface area (Å²) in [5, 5.41) is 11.9. The van der Waals surface area contributed by atoms with Crippen LogP contribution in [0.5, 0.6) is 0 Å². The Bertz CT molecular complexity index is 552. The van der Waals surface area contributed by atoms with Crippen molar-refractivity contribution in [2.75, 3.05) is 0 Å². The smallest absolute Gasteiger partial charge is 0.388 e. The molecule has 1 N–H and O–H groups in total. The number of hydrogen-bond acceptors (Lipinski definition) is 2. The summed E-state index contributed by atoms with van der Waals surface area (Å²) >= 11 is 4.64. The first kappa shape index (κ1) is 14.6. The Morgan fingerprint density at radius 2 is 2.00 bits per heavy atom. The van der Waals surface area contributed by atoms with Gasteiger partial charge in [-0.3, -0.25) is 0 Å². The average molecular weight is 351 g/mol. The van der Waals surface area contributed by atoms with E-state index in [1.807, 2.05) is 17.5 Å². The van der Waals surface area contributed by atoms with Crippen molar-refractivity contribution in [2.45, 2.75) is 18.7 Å². The minimum absolute atomic E-state index is 0.253. The molecule has 0 fully saturated rings. The average Bonchev–Trinajstić information content (AvgIpc) is 2.80. The zero-order valence-corrected chi connectivity index (χ0v) is 12.0. The summed E-state index contributed by atoms with van der Waals surface area (Å²) in [6, 6.07) is 6.98. The van der Waals surface area contributed by atoms with Gasteiger partial charge >= 0.3 is 6.18 Å². The van der Waals surface area contributed by atoms with Gasteiger partial charge in [0.25, 0.3) is 0 Å². The molecule has 1 aromatic heterocycles. The summed E-state index contributed by atoms with van der Waals surface area (Å²) in [5.74, 6) is 0. The van der Waals surface area contributed by atoms with Crippen LogP contribution < -0.4 is 0 Å². The van der Waals surface area contributed by atoms with Gasteiger partial charge < -0.3 is 5.11 Å². The normalized spacial score (nSPS) is 13.5. The lowest BCUT2D eigenvalue weighted by atomic mass is 10.0. The third-order valence-corrected chi connectivity index (χ3v) is 4.28. The third kappa shape index (κ3) is 3.58. The predicted octanol–water partition coefficient (Wildman–Crippen LogP) is 4.81. The Balaban J connectivity index is 2.28. The highest BCUT2D eigenvalue weighted by Gasteiger charge is 2.31. The second kappa shape index (κ2) is 5.64. The van der Waals surface area contributed by atoms with E-state index in [9.17, 15) is 18.3 Å². The van der Waals surface area contributed by atoms with E-state index in [0.717, 1.165) is 17.0 Å². The van der Waals surface area contributed by atoms with E-state index in [4.69, 9.17) is 0 Å². The van der Waals surface area contributed by atoms with E-state index in [1.165, 1.54) is 17.4 Å². The molecular weight excluding hydrogens is 341 g/mol. The molecule has 0 amide bonds. The van der Waals surface area contributed by atoms with E-state index in [1.54, 1.807) is 0 Å². The van der Waals surface area contributed by atoms with E-state index in [0.29, 0.717) is 10.9 Å². The molecule has 1 aromatic carbocycles. The Kier molecular flexibility index (Phi) is 4.32. The summed E-state index contributed by atoms with van der Waals surface area (Å²) < 4.78 is 38.4. The van der Waals surface area contributed by atoms with Gasteiger partial charge in [0.2, 0.25) is 0 Å². The number of hydrogen-bond donors (Lipinski definition) is 1. The summed E-state index contributed by atoms with van der Waals surface area (Å²) in [5.41, 5.74) is -0.501. The molecule has 1 nitrogen and oxygen atoms in total. The number of aliphatic hydroxyl groups is 1. The van der Waals surface area contributed by atoms with Gasteiger partial charge in [-0.05, 0) is 35.2 Å². The molecule has 1 heterocycles. The maximum Gasteiger partial charge on any atom is 0.416 e. The molecular formula is C13H10BrF3OS. The van der Waals surface area contributed by atoms with Crippen molar-refractivity contribution < 1.29 is 18.3 Å². The number of halogens is 4. The lowest BCUT2D eigenvalue weighted by Crippen LogP contribution is -2.08. The highest BCUT2D eigenvalue weighted by Crippen LogP contribution is 2.35. The first-order valence-electron chi connectivity index (χ1n) is 5.45. The van der Waals surface area contributed by atoms with Gasteiger partial charge in [-0.2, -0.15) is 13.2 Å². The Morgan fingerprint density at radius 3 is 2.58 bits per heavy atom.